The second-order valence-electron chi connectivity index (χ2n) is 6.48. The first kappa shape index (κ1) is 19.3. The van der Waals surface area contributed by atoms with Crippen LogP contribution in [0, 0.1) is 0 Å². The van der Waals surface area contributed by atoms with Crippen LogP contribution in [0.2, 0.25) is 0 Å². The second-order valence-corrected chi connectivity index (χ2v) is 8.48. The van der Waals surface area contributed by atoms with E-state index in [1.165, 1.54) is 11.8 Å². The summed E-state index contributed by atoms with van der Waals surface area (Å²) < 4.78 is 1.61. The van der Waals surface area contributed by atoms with Gasteiger partial charge < -0.3 is 5.11 Å². The highest BCUT2D eigenvalue weighted by molar-refractivity contribution is 8.18. The molecule has 2 N–H and O–H groups in total. The van der Waals surface area contributed by atoms with Crippen LogP contribution in [0.15, 0.2) is 81.4 Å². The number of carbonyl (C=O) groups is 2. The van der Waals surface area contributed by atoms with E-state index in [0.717, 1.165) is 17.3 Å². The Kier molecular flexibility index (Phi) is 4.92. The second kappa shape index (κ2) is 7.89. The normalized spacial score (nSPS) is 17.1. The average molecular weight is 448 g/mol. The van der Waals surface area contributed by atoms with Gasteiger partial charge in [0.1, 0.15) is 5.75 Å². The van der Waals surface area contributed by atoms with Crippen molar-refractivity contribution in [3.05, 3.63) is 76.7 Å². The minimum atomic E-state index is -0.467. The van der Waals surface area contributed by atoms with Gasteiger partial charge in [-0.3, -0.25) is 14.9 Å². The minimum Gasteiger partial charge on any atom is -0.507 e. The molecule has 0 saturated carbocycles. The summed E-state index contributed by atoms with van der Waals surface area (Å²) in [6, 6.07) is 16.4. The van der Waals surface area contributed by atoms with Gasteiger partial charge in [-0.1, -0.05) is 48.5 Å². The first-order chi connectivity index (χ1) is 15.1. The zero-order valence-electron chi connectivity index (χ0n) is 15.7. The smallest absolute Gasteiger partial charge is 0.290 e. The Morgan fingerprint density at radius 3 is 2.48 bits per heavy atom. The summed E-state index contributed by atoms with van der Waals surface area (Å²) in [6.45, 7) is 0. The van der Waals surface area contributed by atoms with Gasteiger partial charge in [-0.2, -0.15) is 9.78 Å². The van der Waals surface area contributed by atoms with Crippen molar-refractivity contribution in [3.8, 4) is 17.1 Å². The van der Waals surface area contributed by atoms with Gasteiger partial charge in [0.2, 0.25) is 5.16 Å². The van der Waals surface area contributed by atoms with E-state index in [1.807, 2.05) is 30.3 Å². The van der Waals surface area contributed by atoms with E-state index in [4.69, 9.17) is 0 Å². The topological polar surface area (TPSA) is 109 Å². The van der Waals surface area contributed by atoms with E-state index in [-0.39, 0.29) is 10.7 Å². The molecule has 31 heavy (non-hydrogen) atoms. The van der Waals surface area contributed by atoms with Gasteiger partial charge in [-0.25, -0.2) is 0 Å². The maximum absolute atomic E-state index is 12.1. The van der Waals surface area contributed by atoms with Gasteiger partial charge in [0.15, 0.2) is 5.82 Å². The number of aromatic hydroxyl groups is 1. The SMILES string of the molecule is O=C1NC(=O)/C(=C/C2=C(c3ccccc3O)Sc3nnc(-c4ccccc4)n3N=C2)S1. The molecule has 8 nitrogen and oxygen atoms in total. The van der Waals surface area contributed by atoms with Crippen molar-refractivity contribution in [2.24, 2.45) is 5.10 Å². The number of imide groups is 1. The first-order valence-electron chi connectivity index (χ1n) is 9.11. The third kappa shape index (κ3) is 3.66. The lowest BCUT2D eigenvalue weighted by atomic mass is 10.1. The number of hydrogen-bond donors (Lipinski definition) is 2. The van der Waals surface area contributed by atoms with Crippen LogP contribution in [0.4, 0.5) is 4.79 Å². The summed E-state index contributed by atoms with van der Waals surface area (Å²) >= 11 is 2.09. The predicted octanol–water partition coefficient (Wildman–Crippen LogP) is 3.87. The van der Waals surface area contributed by atoms with Crippen LogP contribution in [0.5, 0.6) is 5.75 Å². The number of phenolic OH excluding ortho intramolecular Hbond substituents is 1. The van der Waals surface area contributed by atoms with E-state index < -0.39 is 11.1 Å². The zero-order chi connectivity index (χ0) is 21.4. The molecule has 5 rings (SSSR count). The molecule has 152 valence electrons. The molecule has 1 fully saturated rings. The number of hydrogen-bond acceptors (Lipinski definition) is 8. The van der Waals surface area contributed by atoms with E-state index in [1.54, 1.807) is 41.2 Å². The molecule has 10 heteroatoms. The molecule has 0 aliphatic carbocycles. The van der Waals surface area contributed by atoms with Crippen molar-refractivity contribution in [1.29, 1.82) is 0 Å². The fraction of sp³-hybridized carbons (Fsp3) is 0. The van der Waals surface area contributed by atoms with Crippen LogP contribution >= 0.6 is 23.5 Å². The molecular weight excluding hydrogens is 434 g/mol. The lowest BCUT2D eigenvalue weighted by Gasteiger charge is -2.09. The molecule has 2 aliphatic rings. The number of allylic oxidation sites excluding steroid dienone is 2. The predicted molar refractivity (Wildman–Crippen MR) is 119 cm³/mol. The monoisotopic (exact) mass is 447 g/mol. The molecule has 0 radical (unpaired) electrons. The quantitative estimate of drug-likeness (QED) is 0.587. The summed E-state index contributed by atoms with van der Waals surface area (Å²) in [6.07, 6.45) is 3.16. The fourth-order valence-electron chi connectivity index (χ4n) is 3.07. The van der Waals surface area contributed by atoms with Crippen LogP contribution in [0.3, 0.4) is 0 Å². The third-order valence-corrected chi connectivity index (χ3v) is 6.40. The molecule has 3 heterocycles. The molecule has 2 aromatic carbocycles. The van der Waals surface area contributed by atoms with Crippen LogP contribution < -0.4 is 5.32 Å². The molecule has 0 spiro atoms. The van der Waals surface area contributed by atoms with Crippen LogP contribution in [-0.4, -0.2) is 37.3 Å². The van der Waals surface area contributed by atoms with Crippen LogP contribution in [0.25, 0.3) is 16.3 Å². The molecule has 3 aromatic rings. The number of nitrogens with zero attached hydrogens (tertiary/aromatic N) is 4. The number of aromatic nitrogens is 3. The number of rotatable bonds is 3. The highest BCUT2D eigenvalue weighted by Crippen LogP contribution is 2.42. The lowest BCUT2D eigenvalue weighted by Crippen LogP contribution is -2.18. The Balaban J connectivity index is 1.66. The largest absolute Gasteiger partial charge is 0.507 e. The number of thioether (sulfide) groups is 2. The maximum Gasteiger partial charge on any atom is 0.290 e. The van der Waals surface area contributed by atoms with Gasteiger partial charge in [-0.05, 0) is 35.7 Å². The number of nitrogens with one attached hydrogen (secondary N) is 1. The van der Waals surface area contributed by atoms with Gasteiger partial charge >= 0.3 is 0 Å². The third-order valence-electron chi connectivity index (χ3n) is 4.49. The van der Waals surface area contributed by atoms with Crippen LogP contribution in [0.1, 0.15) is 5.56 Å². The molecule has 1 aromatic heterocycles. The van der Waals surface area contributed by atoms with Gasteiger partial charge in [-0.15, -0.1) is 10.2 Å². The van der Waals surface area contributed by atoms with Crippen molar-refractivity contribution >= 4 is 45.8 Å². The number of benzene rings is 2. The van der Waals surface area contributed by atoms with Crippen molar-refractivity contribution in [3.63, 3.8) is 0 Å². The highest BCUT2D eigenvalue weighted by atomic mass is 32.2. The van der Waals surface area contributed by atoms with Gasteiger partial charge in [0, 0.05) is 21.6 Å². The number of fused-ring (bicyclic) bond motifs is 1. The van der Waals surface area contributed by atoms with Crippen molar-refractivity contribution < 1.29 is 14.7 Å². The van der Waals surface area contributed by atoms with Gasteiger partial charge in [0.05, 0.1) is 11.1 Å². The summed E-state index contributed by atoms with van der Waals surface area (Å²) in [5.74, 6) is 0.171. The van der Waals surface area contributed by atoms with E-state index in [2.05, 4.69) is 20.6 Å². The molecule has 2 amide bonds. The van der Waals surface area contributed by atoms with E-state index in [0.29, 0.717) is 27.0 Å². The Hall–Kier alpha value is -3.63. The Labute approximate surface area is 184 Å². The number of carbonyl (C=O) groups excluding carboxylic acids is 2. The molecule has 2 aliphatic heterocycles. The Bertz CT molecular complexity index is 1310. The number of phenols is 1. The molecular formula is C21H13N5O3S2. The molecule has 0 atom stereocenters. The molecule has 0 bridgehead atoms. The Morgan fingerprint density at radius 2 is 1.74 bits per heavy atom. The van der Waals surface area contributed by atoms with Crippen molar-refractivity contribution in [1.82, 2.24) is 20.2 Å². The molecule has 0 unspecified atom stereocenters. The summed E-state index contributed by atoms with van der Waals surface area (Å²) in [5.41, 5.74) is 1.96. The Morgan fingerprint density at radius 1 is 0.968 bits per heavy atom. The average Bonchev–Trinajstić information content (AvgIpc) is 3.26. The molecule has 1 saturated heterocycles. The van der Waals surface area contributed by atoms with Gasteiger partial charge in [0.25, 0.3) is 11.1 Å². The highest BCUT2D eigenvalue weighted by Gasteiger charge is 2.27. The van der Waals surface area contributed by atoms with E-state index in [9.17, 15) is 14.7 Å². The first-order valence-corrected chi connectivity index (χ1v) is 10.7. The minimum absolute atomic E-state index is 0.0742. The summed E-state index contributed by atoms with van der Waals surface area (Å²) in [5, 5.41) is 25.9. The van der Waals surface area contributed by atoms with E-state index >= 15 is 0 Å². The zero-order valence-corrected chi connectivity index (χ0v) is 17.4. The maximum atomic E-state index is 12.1. The summed E-state index contributed by atoms with van der Waals surface area (Å²) in [7, 11) is 0. The fourth-order valence-corrected chi connectivity index (χ4v) is 4.74. The standard InChI is InChI=1S/C21H13N5O3S2/c27-15-9-5-4-8-14(15)17-13(10-16-19(28)23-21(29)30-16)11-22-26-18(24-25-20(26)31-17)12-6-2-1-3-7-12/h1-11,27H,(H,23,28,29)/b16-10-. The van der Waals surface area contributed by atoms with Crippen molar-refractivity contribution in [2.45, 2.75) is 5.16 Å². The lowest BCUT2D eigenvalue weighted by molar-refractivity contribution is -0.115. The number of para-hydroxylation sites is 1. The number of amides is 2. The van der Waals surface area contributed by atoms with Crippen LogP contribution in [-0.2, 0) is 4.79 Å². The summed E-state index contributed by atoms with van der Waals surface area (Å²) in [4.78, 5) is 24.6. The van der Waals surface area contributed by atoms with Crippen molar-refractivity contribution in [2.75, 3.05) is 0 Å².